The first kappa shape index (κ1) is 13.2. The molecule has 0 amide bonds. The highest BCUT2D eigenvalue weighted by Crippen LogP contribution is 2.25. The number of hydrogen-bond donors (Lipinski definition) is 0. The summed E-state index contributed by atoms with van der Waals surface area (Å²) in [7, 11) is 0. The van der Waals surface area contributed by atoms with Crippen molar-refractivity contribution < 1.29 is 4.39 Å². The van der Waals surface area contributed by atoms with Gasteiger partial charge in [-0.1, -0.05) is 38.5 Å². The zero-order chi connectivity index (χ0) is 13.0. The van der Waals surface area contributed by atoms with Crippen molar-refractivity contribution in [2.45, 2.75) is 58.4 Å². The van der Waals surface area contributed by atoms with Crippen molar-refractivity contribution in [3.63, 3.8) is 0 Å². The molecule has 0 bridgehead atoms. The molecule has 1 aliphatic rings. The van der Waals surface area contributed by atoms with Gasteiger partial charge in [-0.25, -0.2) is 4.98 Å². The van der Waals surface area contributed by atoms with E-state index in [4.69, 9.17) is 0 Å². The Morgan fingerprint density at radius 2 is 2.00 bits per heavy atom. The highest BCUT2D eigenvalue weighted by molar-refractivity contribution is 5.00. The first-order valence-corrected chi connectivity index (χ1v) is 6.90. The Labute approximate surface area is 107 Å². The van der Waals surface area contributed by atoms with Crippen molar-refractivity contribution in [2.24, 2.45) is 5.92 Å². The predicted molar refractivity (Wildman–Crippen MR) is 69.0 cm³/mol. The molecule has 1 saturated carbocycles. The van der Waals surface area contributed by atoms with Crippen LogP contribution in [-0.2, 0) is 6.54 Å². The maximum Gasteiger partial charge on any atom is 0.289 e. The summed E-state index contributed by atoms with van der Waals surface area (Å²) in [5.41, 5.74) is -0.346. The van der Waals surface area contributed by atoms with E-state index in [-0.39, 0.29) is 5.69 Å². The fourth-order valence-electron chi connectivity index (χ4n) is 2.68. The highest BCUT2D eigenvalue weighted by Gasteiger charge is 2.13. The lowest BCUT2D eigenvalue weighted by Gasteiger charge is -2.14. The van der Waals surface area contributed by atoms with E-state index in [1.165, 1.54) is 56.3 Å². The van der Waals surface area contributed by atoms with Gasteiger partial charge in [-0.3, -0.25) is 9.36 Å². The van der Waals surface area contributed by atoms with Crippen molar-refractivity contribution in [2.75, 3.05) is 0 Å². The van der Waals surface area contributed by atoms with E-state index >= 15 is 0 Å². The van der Waals surface area contributed by atoms with Crippen molar-refractivity contribution in [3.05, 3.63) is 28.2 Å². The molecule has 0 atom stereocenters. The molecule has 1 aromatic heterocycles. The molecule has 100 valence electrons. The van der Waals surface area contributed by atoms with Crippen LogP contribution >= 0.6 is 0 Å². The molecule has 0 aliphatic heterocycles. The lowest BCUT2D eigenvalue weighted by atomic mass is 9.97. The van der Waals surface area contributed by atoms with Gasteiger partial charge in [0.1, 0.15) is 0 Å². The fraction of sp³-hybridized carbons (Fsp3) is 0.714. The standard InChI is InChI=1S/C14H21FN2O/c1-11-13(15)14(18)17(10-16-11)9-8-12-6-4-2-3-5-7-12/h10,12H,2-9H2,1H3. The molecule has 1 aliphatic carbocycles. The Bertz CT molecular complexity index is 448. The second kappa shape index (κ2) is 6.12. The molecular formula is C14H21FN2O. The van der Waals surface area contributed by atoms with Gasteiger partial charge in [0, 0.05) is 6.54 Å². The number of aryl methyl sites for hydroxylation is 2. The molecule has 0 spiro atoms. The van der Waals surface area contributed by atoms with Crippen LogP contribution in [0.3, 0.4) is 0 Å². The van der Waals surface area contributed by atoms with E-state index in [1.54, 1.807) is 0 Å². The number of aromatic nitrogens is 2. The quantitative estimate of drug-likeness (QED) is 0.775. The van der Waals surface area contributed by atoms with Crippen LogP contribution < -0.4 is 5.56 Å². The van der Waals surface area contributed by atoms with E-state index < -0.39 is 11.4 Å². The predicted octanol–water partition coefficient (Wildman–Crippen LogP) is 3.05. The average Bonchev–Trinajstić information content (AvgIpc) is 2.64. The van der Waals surface area contributed by atoms with Gasteiger partial charge in [-0.15, -0.1) is 0 Å². The lowest BCUT2D eigenvalue weighted by molar-refractivity contribution is 0.390. The third-order valence-electron chi connectivity index (χ3n) is 3.91. The number of hydrogen-bond acceptors (Lipinski definition) is 2. The van der Waals surface area contributed by atoms with Crippen molar-refractivity contribution >= 4 is 0 Å². The highest BCUT2D eigenvalue weighted by atomic mass is 19.1. The van der Waals surface area contributed by atoms with Gasteiger partial charge in [-0.05, 0) is 19.3 Å². The molecule has 0 N–H and O–H groups in total. The van der Waals surface area contributed by atoms with Crippen LogP contribution in [0.4, 0.5) is 4.39 Å². The van der Waals surface area contributed by atoms with Gasteiger partial charge < -0.3 is 0 Å². The molecule has 1 aromatic rings. The monoisotopic (exact) mass is 252 g/mol. The van der Waals surface area contributed by atoms with Crippen LogP contribution in [0.1, 0.15) is 50.6 Å². The molecule has 0 aromatic carbocycles. The Morgan fingerprint density at radius 3 is 2.67 bits per heavy atom. The first-order chi connectivity index (χ1) is 8.68. The second-order valence-electron chi connectivity index (χ2n) is 5.29. The van der Waals surface area contributed by atoms with Crippen LogP contribution in [0.15, 0.2) is 11.1 Å². The number of rotatable bonds is 3. The Hall–Kier alpha value is -1.19. The van der Waals surface area contributed by atoms with Gasteiger partial charge in [0.05, 0.1) is 12.0 Å². The second-order valence-corrected chi connectivity index (χ2v) is 5.29. The molecule has 1 heterocycles. The van der Waals surface area contributed by atoms with Crippen LogP contribution in [0.2, 0.25) is 0 Å². The normalized spacial score (nSPS) is 17.7. The maximum absolute atomic E-state index is 13.4. The van der Waals surface area contributed by atoms with Gasteiger partial charge in [0.15, 0.2) is 0 Å². The summed E-state index contributed by atoms with van der Waals surface area (Å²) in [6, 6.07) is 0. The lowest BCUT2D eigenvalue weighted by Crippen LogP contribution is -2.25. The molecule has 4 heteroatoms. The smallest absolute Gasteiger partial charge is 0.289 e. The summed E-state index contributed by atoms with van der Waals surface area (Å²) in [6.07, 6.45) is 10.2. The minimum atomic E-state index is -0.710. The molecule has 0 radical (unpaired) electrons. The summed E-state index contributed by atoms with van der Waals surface area (Å²) in [5, 5.41) is 0. The van der Waals surface area contributed by atoms with Crippen LogP contribution in [-0.4, -0.2) is 9.55 Å². The molecule has 0 saturated heterocycles. The Balaban J connectivity index is 1.97. The minimum Gasteiger partial charge on any atom is -0.297 e. The third-order valence-corrected chi connectivity index (χ3v) is 3.91. The van der Waals surface area contributed by atoms with Crippen molar-refractivity contribution in [1.29, 1.82) is 0 Å². The fourth-order valence-corrected chi connectivity index (χ4v) is 2.68. The Morgan fingerprint density at radius 1 is 1.33 bits per heavy atom. The van der Waals surface area contributed by atoms with E-state index in [0.717, 1.165) is 6.42 Å². The Kier molecular flexibility index (Phi) is 4.50. The van der Waals surface area contributed by atoms with Crippen LogP contribution in [0, 0.1) is 18.7 Å². The van der Waals surface area contributed by atoms with Crippen molar-refractivity contribution in [3.8, 4) is 0 Å². The summed E-state index contributed by atoms with van der Waals surface area (Å²) in [6.45, 7) is 2.11. The molecule has 2 rings (SSSR count). The topological polar surface area (TPSA) is 34.9 Å². The van der Waals surface area contributed by atoms with E-state index in [1.807, 2.05) is 0 Å². The van der Waals surface area contributed by atoms with Crippen molar-refractivity contribution in [1.82, 2.24) is 9.55 Å². The zero-order valence-corrected chi connectivity index (χ0v) is 11.0. The van der Waals surface area contributed by atoms with Gasteiger partial charge in [-0.2, -0.15) is 4.39 Å². The molecular weight excluding hydrogens is 231 g/mol. The van der Waals surface area contributed by atoms with Crippen LogP contribution in [0.5, 0.6) is 0 Å². The zero-order valence-electron chi connectivity index (χ0n) is 11.0. The third kappa shape index (κ3) is 3.18. The van der Waals surface area contributed by atoms with E-state index in [0.29, 0.717) is 12.5 Å². The summed E-state index contributed by atoms with van der Waals surface area (Å²) in [5.74, 6) is -0.0258. The SMILES string of the molecule is Cc1ncn(CCC2CCCCCC2)c(=O)c1F. The summed E-state index contributed by atoms with van der Waals surface area (Å²) in [4.78, 5) is 15.6. The van der Waals surface area contributed by atoms with Gasteiger partial charge in [0.25, 0.3) is 5.56 Å². The largest absolute Gasteiger partial charge is 0.297 e. The maximum atomic E-state index is 13.4. The summed E-state index contributed by atoms with van der Waals surface area (Å²) >= 11 is 0. The van der Waals surface area contributed by atoms with Gasteiger partial charge >= 0.3 is 0 Å². The van der Waals surface area contributed by atoms with Gasteiger partial charge in [0.2, 0.25) is 5.82 Å². The minimum absolute atomic E-state index is 0.186. The molecule has 0 unspecified atom stereocenters. The van der Waals surface area contributed by atoms with Crippen LogP contribution in [0.25, 0.3) is 0 Å². The molecule has 3 nitrogen and oxygen atoms in total. The molecule has 18 heavy (non-hydrogen) atoms. The molecule has 1 fully saturated rings. The number of halogens is 1. The summed E-state index contributed by atoms with van der Waals surface area (Å²) < 4.78 is 14.8. The number of nitrogens with zero attached hydrogens (tertiary/aromatic N) is 2. The van der Waals surface area contributed by atoms with E-state index in [9.17, 15) is 9.18 Å². The van der Waals surface area contributed by atoms with E-state index in [2.05, 4.69) is 4.98 Å². The first-order valence-electron chi connectivity index (χ1n) is 6.90. The average molecular weight is 252 g/mol.